The molecule has 1 aliphatic heterocycles. The summed E-state index contributed by atoms with van der Waals surface area (Å²) in [5.74, 6) is -0.238. The Morgan fingerprint density at radius 2 is 2.50 bits per heavy atom. The topological polar surface area (TPSA) is 84.3 Å². The fraction of sp³-hybridized carbons (Fsp3) is 0.444. The van der Waals surface area contributed by atoms with Gasteiger partial charge in [-0.2, -0.15) is 0 Å². The molecule has 2 rings (SSSR count). The van der Waals surface area contributed by atoms with Crippen LogP contribution in [0.4, 0.5) is 5.00 Å². The van der Waals surface area contributed by atoms with Gasteiger partial charge in [-0.15, -0.1) is 0 Å². The van der Waals surface area contributed by atoms with Crippen molar-refractivity contribution in [3.05, 3.63) is 27.1 Å². The van der Waals surface area contributed by atoms with E-state index in [1.165, 1.54) is 11.4 Å². The van der Waals surface area contributed by atoms with Crippen LogP contribution >= 0.6 is 11.3 Å². The summed E-state index contributed by atoms with van der Waals surface area (Å²) in [6, 6.07) is 1.44. The minimum atomic E-state index is -0.488. The molecule has 0 bridgehead atoms. The highest BCUT2D eigenvalue weighted by Crippen LogP contribution is 2.22. The van der Waals surface area contributed by atoms with Gasteiger partial charge in [0.25, 0.3) is 5.91 Å². The van der Waals surface area contributed by atoms with E-state index in [4.69, 9.17) is 0 Å². The molecule has 2 N–H and O–H groups in total. The van der Waals surface area contributed by atoms with Crippen LogP contribution in [0.15, 0.2) is 11.4 Å². The maximum atomic E-state index is 11.7. The van der Waals surface area contributed by atoms with Crippen LogP contribution in [0.25, 0.3) is 0 Å². The lowest BCUT2D eigenvalue weighted by molar-refractivity contribution is -0.380. The van der Waals surface area contributed by atoms with Crippen molar-refractivity contribution < 1.29 is 9.72 Å². The van der Waals surface area contributed by atoms with Gasteiger partial charge in [-0.25, -0.2) is 0 Å². The van der Waals surface area contributed by atoms with Crippen molar-refractivity contribution in [1.29, 1.82) is 0 Å². The van der Waals surface area contributed by atoms with Gasteiger partial charge in [-0.05, 0) is 13.0 Å². The molecule has 1 amide bonds. The monoisotopic (exact) mass is 241 g/mol. The summed E-state index contributed by atoms with van der Waals surface area (Å²) >= 11 is 0.968. The third-order valence-corrected chi connectivity index (χ3v) is 3.30. The van der Waals surface area contributed by atoms with E-state index in [2.05, 4.69) is 10.6 Å². The van der Waals surface area contributed by atoms with Crippen LogP contribution in [-0.2, 0) is 0 Å². The van der Waals surface area contributed by atoms with E-state index in [9.17, 15) is 14.9 Å². The second kappa shape index (κ2) is 4.58. The van der Waals surface area contributed by atoms with Crippen LogP contribution in [0.2, 0.25) is 0 Å². The van der Waals surface area contributed by atoms with Gasteiger partial charge in [0.1, 0.15) is 0 Å². The maximum absolute atomic E-state index is 11.7. The fourth-order valence-corrected chi connectivity index (χ4v) is 2.29. The average Bonchev–Trinajstić information content (AvgIpc) is 2.86. The van der Waals surface area contributed by atoms with Crippen LogP contribution in [0.5, 0.6) is 0 Å². The molecule has 16 heavy (non-hydrogen) atoms. The molecule has 1 fully saturated rings. The van der Waals surface area contributed by atoms with Gasteiger partial charge in [-0.3, -0.25) is 14.9 Å². The van der Waals surface area contributed by atoms with Crippen molar-refractivity contribution in [3.8, 4) is 0 Å². The number of nitrogens with zero attached hydrogens (tertiary/aromatic N) is 1. The first-order valence-electron chi connectivity index (χ1n) is 4.91. The molecule has 1 saturated heterocycles. The minimum absolute atomic E-state index is 0.00491. The zero-order valence-corrected chi connectivity index (χ0v) is 9.25. The normalized spacial score (nSPS) is 19.6. The Hall–Kier alpha value is -1.47. The fourth-order valence-electron chi connectivity index (χ4n) is 1.59. The quantitative estimate of drug-likeness (QED) is 0.604. The largest absolute Gasteiger partial charge is 0.348 e. The van der Waals surface area contributed by atoms with E-state index >= 15 is 0 Å². The lowest BCUT2D eigenvalue weighted by Gasteiger charge is -2.09. The van der Waals surface area contributed by atoms with E-state index in [1.54, 1.807) is 0 Å². The molecule has 0 spiro atoms. The van der Waals surface area contributed by atoms with E-state index in [0.29, 0.717) is 5.56 Å². The van der Waals surface area contributed by atoms with Crippen molar-refractivity contribution in [2.24, 2.45) is 0 Å². The van der Waals surface area contributed by atoms with Crippen molar-refractivity contribution >= 4 is 22.2 Å². The van der Waals surface area contributed by atoms with Gasteiger partial charge in [0.2, 0.25) is 0 Å². The molecule has 86 valence electrons. The number of carbonyl (C=O) groups excluding carboxylic acids is 1. The molecular formula is C9H11N3O3S. The van der Waals surface area contributed by atoms with Crippen molar-refractivity contribution in [1.82, 2.24) is 10.6 Å². The van der Waals surface area contributed by atoms with Crippen molar-refractivity contribution in [2.75, 3.05) is 13.1 Å². The summed E-state index contributed by atoms with van der Waals surface area (Å²) in [5, 5.41) is 17.9. The van der Waals surface area contributed by atoms with Gasteiger partial charge in [0.15, 0.2) is 0 Å². The highest BCUT2D eigenvalue weighted by molar-refractivity contribution is 7.13. The SMILES string of the molecule is O=C(N[C@H]1CCNC1)c1csc([N+](=O)[O-])c1. The third kappa shape index (κ3) is 2.37. The Morgan fingerprint density at radius 3 is 3.06 bits per heavy atom. The van der Waals surface area contributed by atoms with E-state index < -0.39 is 4.92 Å². The average molecular weight is 241 g/mol. The number of hydrogen-bond donors (Lipinski definition) is 2. The van der Waals surface area contributed by atoms with E-state index in [0.717, 1.165) is 30.8 Å². The Balaban J connectivity index is 1.99. The molecule has 0 saturated carbocycles. The molecule has 6 nitrogen and oxygen atoms in total. The van der Waals surface area contributed by atoms with Gasteiger partial charge in [-0.1, -0.05) is 11.3 Å². The summed E-state index contributed by atoms with van der Waals surface area (Å²) in [7, 11) is 0. The predicted octanol–water partition coefficient (Wildman–Crippen LogP) is 0.748. The van der Waals surface area contributed by atoms with Crippen LogP contribution in [-0.4, -0.2) is 30.0 Å². The minimum Gasteiger partial charge on any atom is -0.348 e. The predicted molar refractivity (Wildman–Crippen MR) is 59.7 cm³/mol. The first-order chi connectivity index (χ1) is 7.66. The third-order valence-electron chi connectivity index (χ3n) is 2.42. The second-order valence-electron chi connectivity index (χ2n) is 3.59. The van der Waals surface area contributed by atoms with Gasteiger partial charge >= 0.3 is 5.00 Å². The summed E-state index contributed by atoms with van der Waals surface area (Å²) in [6.07, 6.45) is 0.901. The molecule has 0 aliphatic carbocycles. The molecule has 0 aromatic carbocycles. The molecular weight excluding hydrogens is 230 g/mol. The summed E-state index contributed by atoms with van der Waals surface area (Å²) < 4.78 is 0. The van der Waals surface area contributed by atoms with Gasteiger partial charge < -0.3 is 10.6 Å². The molecule has 1 aromatic rings. The summed E-state index contributed by atoms with van der Waals surface area (Å²) in [5.41, 5.74) is 0.364. The summed E-state index contributed by atoms with van der Waals surface area (Å²) in [6.45, 7) is 1.66. The smallest absolute Gasteiger partial charge is 0.324 e. The van der Waals surface area contributed by atoms with Crippen LogP contribution in [0.3, 0.4) is 0 Å². The Bertz CT molecular complexity index is 412. The number of carbonyl (C=O) groups is 1. The molecule has 1 atom stereocenters. The molecule has 0 radical (unpaired) electrons. The highest BCUT2D eigenvalue weighted by atomic mass is 32.1. The first-order valence-corrected chi connectivity index (χ1v) is 5.79. The number of nitro groups is 1. The zero-order chi connectivity index (χ0) is 11.5. The molecule has 1 aromatic heterocycles. The van der Waals surface area contributed by atoms with Crippen LogP contribution < -0.4 is 10.6 Å². The Kier molecular flexibility index (Phi) is 3.16. The van der Waals surface area contributed by atoms with Gasteiger partial charge in [0, 0.05) is 24.0 Å². The number of hydrogen-bond acceptors (Lipinski definition) is 5. The molecule has 1 aliphatic rings. The van der Waals surface area contributed by atoms with Crippen molar-refractivity contribution in [3.63, 3.8) is 0 Å². The Labute approximate surface area is 95.8 Å². The van der Waals surface area contributed by atoms with Crippen LogP contribution in [0, 0.1) is 10.1 Å². The van der Waals surface area contributed by atoms with E-state index in [1.807, 2.05) is 0 Å². The van der Waals surface area contributed by atoms with E-state index in [-0.39, 0.29) is 17.0 Å². The lowest BCUT2D eigenvalue weighted by atomic mass is 10.2. The zero-order valence-electron chi connectivity index (χ0n) is 8.43. The maximum Gasteiger partial charge on any atom is 0.324 e. The first kappa shape index (κ1) is 11.0. The van der Waals surface area contributed by atoms with Crippen molar-refractivity contribution in [2.45, 2.75) is 12.5 Å². The van der Waals surface area contributed by atoms with Gasteiger partial charge in [0.05, 0.1) is 10.5 Å². The van der Waals surface area contributed by atoms with Crippen LogP contribution in [0.1, 0.15) is 16.8 Å². The lowest BCUT2D eigenvalue weighted by Crippen LogP contribution is -2.35. The number of nitrogens with one attached hydrogen (secondary N) is 2. The highest BCUT2D eigenvalue weighted by Gasteiger charge is 2.20. The molecule has 0 unspecified atom stereocenters. The molecule has 7 heteroatoms. The number of rotatable bonds is 3. The second-order valence-corrected chi connectivity index (χ2v) is 4.48. The molecule has 2 heterocycles. The Morgan fingerprint density at radius 1 is 1.69 bits per heavy atom. The number of thiophene rings is 1. The standard InChI is InChI=1S/C9H11N3O3S/c13-9(11-7-1-2-10-4-7)6-3-8(12(14)15)16-5-6/h3,5,7,10H,1-2,4H2,(H,11,13)/t7-/m0/s1. The summed E-state index contributed by atoms with van der Waals surface area (Å²) in [4.78, 5) is 21.6. The number of amides is 1.